The lowest BCUT2D eigenvalue weighted by molar-refractivity contribution is -1.01. The van der Waals surface area contributed by atoms with Crippen LogP contribution < -0.4 is 15.1 Å². The van der Waals surface area contributed by atoms with E-state index in [1.165, 1.54) is 9.78 Å². The van der Waals surface area contributed by atoms with Crippen molar-refractivity contribution in [2.75, 3.05) is 32.7 Å². The molecule has 1 saturated heterocycles. The molecule has 0 bridgehead atoms. The molecule has 1 atom stereocenters. The van der Waals surface area contributed by atoms with Crippen molar-refractivity contribution < 1.29 is 19.0 Å². The van der Waals surface area contributed by atoms with Gasteiger partial charge in [0.1, 0.15) is 44.1 Å². The number of hydrogen-bond donors (Lipinski definition) is 3. The fourth-order valence-electron chi connectivity index (χ4n) is 3.78. The van der Waals surface area contributed by atoms with Gasteiger partial charge in [0.2, 0.25) is 0 Å². The average molecular weight is 386 g/mol. The standard InChI is InChI=1S/C21H25N3O2S/c1-16(20-13-17-5-2-3-7-19(17)26-20)22-21(25)15-24-10-8-23(9-11-24)14-18-6-4-12-27-18/h2-7,12-13,16H,8-11,14-15H2,1H3,(H,22,25)/p+2/t16-/m1/s1. The van der Waals surface area contributed by atoms with Crippen LogP contribution in [0, 0.1) is 0 Å². The number of thiophene rings is 1. The predicted octanol–water partition coefficient (Wildman–Crippen LogP) is 0.655. The second-order valence-electron chi connectivity index (χ2n) is 7.41. The van der Waals surface area contributed by atoms with Crippen LogP contribution in [0.1, 0.15) is 23.6 Å². The molecular weight excluding hydrogens is 358 g/mol. The lowest BCUT2D eigenvalue weighted by Gasteiger charge is -2.29. The van der Waals surface area contributed by atoms with Crippen LogP contribution in [0.4, 0.5) is 0 Å². The minimum Gasteiger partial charge on any atom is -0.459 e. The third-order valence-corrected chi connectivity index (χ3v) is 6.20. The Morgan fingerprint density at radius 1 is 1.15 bits per heavy atom. The molecule has 1 aliphatic rings. The molecule has 1 amide bonds. The van der Waals surface area contributed by atoms with Gasteiger partial charge in [0.15, 0.2) is 6.54 Å². The highest BCUT2D eigenvalue weighted by Crippen LogP contribution is 2.23. The summed E-state index contributed by atoms with van der Waals surface area (Å²) in [6, 6.07) is 14.2. The van der Waals surface area contributed by atoms with Crippen molar-refractivity contribution in [2.24, 2.45) is 0 Å². The zero-order valence-electron chi connectivity index (χ0n) is 15.7. The third-order valence-electron chi connectivity index (χ3n) is 5.33. The summed E-state index contributed by atoms with van der Waals surface area (Å²) in [5.74, 6) is 0.907. The molecule has 3 heterocycles. The summed E-state index contributed by atoms with van der Waals surface area (Å²) in [5.41, 5.74) is 0.865. The van der Waals surface area contributed by atoms with Crippen molar-refractivity contribution in [3.8, 4) is 0 Å². The zero-order chi connectivity index (χ0) is 18.6. The largest absolute Gasteiger partial charge is 0.459 e. The summed E-state index contributed by atoms with van der Waals surface area (Å²) < 4.78 is 5.86. The van der Waals surface area contributed by atoms with Gasteiger partial charge in [0.05, 0.1) is 10.9 Å². The second-order valence-corrected chi connectivity index (χ2v) is 8.44. The van der Waals surface area contributed by atoms with E-state index >= 15 is 0 Å². The van der Waals surface area contributed by atoms with Crippen LogP contribution in [0.15, 0.2) is 52.3 Å². The van der Waals surface area contributed by atoms with Gasteiger partial charge in [0.25, 0.3) is 5.91 Å². The fraction of sp³-hybridized carbons (Fsp3) is 0.381. The highest BCUT2D eigenvalue weighted by atomic mass is 32.1. The maximum Gasteiger partial charge on any atom is 0.275 e. The van der Waals surface area contributed by atoms with E-state index < -0.39 is 0 Å². The molecule has 142 valence electrons. The average Bonchev–Trinajstić information content (AvgIpc) is 3.32. The Labute approximate surface area is 163 Å². The van der Waals surface area contributed by atoms with Crippen molar-refractivity contribution in [2.45, 2.75) is 19.5 Å². The Kier molecular flexibility index (Phi) is 5.57. The molecular formula is C21H27N3O2S+2. The molecule has 0 spiro atoms. The number of rotatable bonds is 6. The van der Waals surface area contributed by atoms with E-state index in [1.807, 2.05) is 48.6 Å². The van der Waals surface area contributed by atoms with Crippen LogP contribution in [-0.4, -0.2) is 38.6 Å². The maximum atomic E-state index is 12.5. The molecule has 0 saturated carbocycles. The van der Waals surface area contributed by atoms with Crippen LogP contribution in [0.2, 0.25) is 0 Å². The first-order chi connectivity index (χ1) is 13.2. The van der Waals surface area contributed by atoms with E-state index in [9.17, 15) is 4.79 Å². The Hall–Kier alpha value is -2.15. The van der Waals surface area contributed by atoms with Gasteiger partial charge in [-0.3, -0.25) is 4.79 Å². The molecule has 1 aromatic carbocycles. The second kappa shape index (κ2) is 8.25. The minimum atomic E-state index is -0.116. The highest BCUT2D eigenvalue weighted by Gasteiger charge is 2.26. The monoisotopic (exact) mass is 385 g/mol. The van der Waals surface area contributed by atoms with E-state index in [0.717, 1.165) is 49.5 Å². The first kappa shape index (κ1) is 18.2. The molecule has 27 heavy (non-hydrogen) atoms. The predicted molar refractivity (Wildman–Crippen MR) is 107 cm³/mol. The first-order valence-electron chi connectivity index (χ1n) is 9.65. The van der Waals surface area contributed by atoms with Gasteiger partial charge in [0, 0.05) is 5.39 Å². The number of benzene rings is 1. The Bertz CT molecular complexity index is 849. The van der Waals surface area contributed by atoms with E-state index in [2.05, 4.69) is 22.8 Å². The Morgan fingerprint density at radius 3 is 2.67 bits per heavy atom. The Balaban J connectivity index is 1.24. The molecule has 3 N–H and O–H groups in total. The molecule has 6 heteroatoms. The molecule has 1 fully saturated rings. The van der Waals surface area contributed by atoms with Crippen LogP contribution >= 0.6 is 11.3 Å². The molecule has 0 aliphatic carbocycles. The molecule has 0 unspecified atom stereocenters. The topological polar surface area (TPSA) is 51.1 Å². The van der Waals surface area contributed by atoms with Gasteiger partial charge in [-0.25, -0.2) is 0 Å². The van der Waals surface area contributed by atoms with Crippen molar-refractivity contribution in [1.29, 1.82) is 0 Å². The number of para-hydroxylation sites is 1. The van der Waals surface area contributed by atoms with Gasteiger partial charge in [-0.15, -0.1) is 11.3 Å². The summed E-state index contributed by atoms with van der Waals surface area (Å²) in [6.45, 7) is 7.98. The molecule has 1 aliphatic heterocycles. The molecule has 4 rings (SSSR count). The maximum absolute atomic E-state index is 12.5. The summed E-state index contributed by atoms with van der Waals surface area (Å²) in [5, 5.41) is 6.31. The lowest BCUT2D eigenvalue weighted by Crippen LogP contribution is -3.28. The fourth-order valence-corrected chi connectivity index (χ4v) is 4.55. The van der Waals surface area contributed by atoms with Crippen molar-refractivity contribution in [3.05, 3.63) is 58.5 Å². The Morgan fingerprint density at radius 2 is 1.93 bits per heavy atom. The van der Waals surface area contributed by atoms with Gasteiger partial charge in [-0.2, -0.15) is 0 Å². The number of quaternary nitrogens is 2. The number of carbonyl (C=O) groups excluding carboxylic acids is 1. The smallest absolute Gasteiger partial charge is 0.275 e. The van der Waals surface area contributed by atoms with Crippen molar-refractivity contribution in [3.63, 3.8) is 0 Å². The summed E-state index contributed by atoms with van der Waals surface area (Å²) in [4.78, 5) is 16.9. The van der Waals surface area contributed by atoms with Crippen LogP contribution in [0.3, 0.4) is 0 Å². The first-order valence-corrected chi connectivity index (χ1v) is 10.5. The SMILES string of the molecule is C[C@@H](NC(=O)C[NH+]1CC[NH+](Cc2cccs2)CC1)c1cc2ccccc2o1. The minimum absolute atomic E-state index is 0.0969. The number of nitrogens with one attached hydrogen (secondary N) is 3. The number of piperazine rings is 1. The summed E-state index contributed by atoms with van der Waals surface area (Å²) in [6.07, 6.45) is 0. The van der Waals surface area contributed by atoms with E-state index in [4.69, 9.17) is 4.42 Å². The third kappa shape index (κ3) is 4.58. The summed E-state index contributed by atoms with van der Waals surface area (Å²) >= 11 is 1.83. The number of hydrogen-bond acceptors (Lipinski definition) is 3. The highest BCUT2D eigenvalue weighted by molar-refractivity contribution is 7.09. The van der Waals surface area contributed by atoms with Crippen LogP contribution in [-0.2, 0) is 11.3 Å². The van der Waals surface area contributed by atoms with Gasteiger partial charge in [-0.05, 0) is 30.5 Å². The number of fused-ring (bicyclic) bond motifs is 1. The van der Waals surface area contributed by atoms with Gasteiger partial charge in [-0.1, -0.05) is 24.3 Å². The van der Waals surface area contributed by atoms with Crippen molar-refractivity contribution >= 4 is 28.2 Å². The quantitative estimate of drug-likeness (QED) is 0.584. The molecule has 2 aromatic heterocycles. The van der Waals surface area contributed by atoms with Crippen molar-refractivity contribution in [1.82, 2.24) is 5.32 Å². The number of furan rings is 1. The molecule has 5 nitrogen and oxygen atoms in total. The van der Waals surface area contributed by atoms with Gasteiger partial charge >= 0.3 is 0 Å². The number of amides is 1. The van der Waals surface area contributed by atoms with E-state index in [0.29, 0.717) is 6.54 Å². The lowest BCUT2D eigenvalue weighted by atomic mass is 10.2. The van der Waals surface area contributed by atoms with Gasteiger partial charge < -0.3 is 19.5 Å². The van der Waals surface area contributed by atoms with E-state index in [-0.39, 0.29) is 11.9 Å². The summed E-state index contributed by atoms with van der Waals surface area (Å²) in [7, 11) is 0. The normalized spacial score (nSPS) is 21.2. The van der Waals surface area contributed by atoms with Crippen LogP contribution in [0.25, 0.3) is 11.0 Å². The molecule has 0 radical (unpaired) electrons. The molecule has 3 aromatic rings. The zero-order valence-corrected chi connectivity index (χ0v) is 16.5. The number of carbonyl (C=O) groups is 1. The van der Waals surface area contributed by atoms with E-state index in [1.54, 1.807) is 4.90 Å². The van der Waals surface area contributed by atoms with Crippen LogP contribution in [0.5, 0.6) is 0 Å².